The number of hydrogen-bond acceptors (Lipinski definition) is 2. The fraction of sp³-hybridized carbons (Fsp3) is 0.929. The van der Waals surface area contributed by atoms with Crippen LogP contribution in [0.4, 0.5) is 0 Å². The van der Waals surface area contributed by atoms with Crippen LogP contribution in [-0.2, 0) is 4.79 Å². The third kappa shape index (κ3) is 4.25. The molecule has 0 radical (unpaired) electrons. The quantitative estimate of drug-likeness (QED) is 0.647. The second kappa shape index (κ2) is 7.05. The van der Waals surface area contributed by atoms with Gasteiger partial charge in [0.15, 0.2) is 0 Å². The highest BCUT2D eigenvalue weighted by atomic mass is 16.1. The monoisotopic (exact) mass is 225 g/mol. The van der Waals surface area contributed by atoms with Gasteiger partial charge in [-0.15, -0.1) is 0 Å². The van der Waals surface area contributed by atoms with Gasteiger partial charge in [-0.1, -0.05) is 6.92 Å². The lowest BCUT2D eigenvalue weighted by atomic mass is 9.80. The molecule has 0 saturated heterocycles. The third-order valence-corrected chi connectivity index (χ3v) is 4.03. The molecule has 1 fully saturated rings. The molecular formula is C14H27NO. The zero-order chi connectivity index (χ0) is 12.0. The SMILES string of the molecule is CCN(CC1CCC(CC=O)CC1)C(C)C. The highest BCUT2D eigenvalue weighted by Crippen LogP contribution is 2.30. The first-order valence-corrected chi connectivity index (χ1v) is 6.85. The van der Waals surface area contributed by atoms with Crippen molar-refractivity contribution in [3.8, 4) is 0 Å². The predicted octanol–water partition coefficient (Wildman–Crippen LogP) is 3.11. The Balaban J connectivity index is 2.28. The van der Waals surface area contributed by atoms with Crippen molar-refractivity contribution in [2.45, 2.75) is 58.9 Å². The summed E-state index contributed by atoms with van der Waals surface area (Å²) in [6.45, 7) is 9.22. The first kappa shape index (κ1) is 13.7. The molecule has 0 unspecified atom stereocenters. The topological polar surface area (TPSA) is 20.3 Å². The van der Waals surface area contributed by atoms with Gasteiger partial charge in [0.2, 0.25) is 0 Å². The van der Waals surface area contributed by atoms with E-state index in [9.17, 15) is 4.79 Å². The number of carbonyl (C=O) groups excluding carboxylic acids is 1. The Hall–Kier alpha value is -0.370. The molecule has 0 aromatic rings. The molecule has 1 aliphatic carbocycles. The lowest BCUT2D eigenvalue weighted by molar-refractivity contribution is -0.108. The van der Waals surface area contributed by atoms with Gasteiger partial charge in [0.05, 0.1) is 0 Å². The van der Waals surface area contributed by atoms with E-state index in [1.165, 1.54) is 32.2 Å². The van der Waals surface area contributed by atoms with Crippen molar-refractivity contribution in [1.29, 1.82) is 0 Å². The number of rotatable bonds is 6. The molecule has 0 spiro atoms. The van der Waals surface area contributed by atoms with Crippen molar-refractivity contribution in [3.05, 3.63) is 0 Å². The van der Waals surface area contributed by atoms with Crippen LogP contribution in [0.2, 0.25) is 0 Å². The highest BCUT2D eigenvalue weighted by molar-refractivity contribution is 5.49. The molecule has 1 saturated carbocycles. The van der Waals surface area contributed by atoms with Crippen molar-refractivity contribution < 1.29 is 4.79 Å². The summed E-state index contributed by atoms with van der Waals surface area (Å²) in [4.78, 5) is 13.0. The van der Waals surface area contributed by atoms with Crippen molar-refractivity contribution in [3.63, 3.8) is 0 Å². The molecule has 0 amide bonds. The summed E-state index contributed by atoms with van der Waals surface area (Å²) in [5.74, 6) is 1.55. The molecule has 0 aromatic carbocycles. The Labute approximate surface area is 100 Å². The van der Waals surface area contributed by atoms with E-state index in [1.807, 2.05) is 0 Å². The van der Waals surface area contributed by atoms with Crippen molar-refractivity contribution in [1.82, 2.24) is 4.90 Å². The molecule has 0 N–H and O–H groups in total. The summed E-state index contributed by atoms with van der Waals surface area (Å²) in [6, 6.07) is 0.665. The molecule has 0 atom stereocenters. The van der Waals surface area contributed by atoms with Crippen LogP contribution in [0.1, 0.15) is 52.9 Å². The number of carbonyl (C=O) groups is 1. The Bertz CT molecular complexity index is 195. The lowest BCUT2D eigenvalue weighted by Crippen LogP contribution is -2.36. The van der Waals surface area contributed by atoms with Gasteiger partial charge in [0.1, 0.15) is 6.29 Å². The van der Waals surface area contributed by atoms with E-state index in [0.717, 1.165) is 25.2 Å². The van der Waals surface area contributed by atoms with E-state index < -0.39 is 0 Å². The second-order valence-corrected chi connectivity index (χ2v) is 5.47. The minimum Gasteiger partial charge on any atom is -0.303 e. The average molecular weight is 225 g/mol. The summed E-state index contributed by atoms with van der Waals surface area (Å²) in [5.41, 5.74) is 0. The van der Waals surface area contributed by atoms with Gasteiger partial charge in [0, 0.05) is 19.0 Å². The highest BCUT2D eigenvalue weighted by Gasteiger charge is 2.22. The maximum Gasteiger partial charge on any atom is 0.120 e. The molecule has 2 heteroatoms. The average Bonchev–Trinajstić information content (AvgIpc) is 2.28. The molecular weight excluding hydrogens is 198 g/mol. The first-order chi connectivity index (χ1) is 7.67. The molecule has 0 aliphatic heterocycles. The van der Waals surface area contributed by atoms with Crippen molar-refractivity contribution >= 4 is 6.29 Å². The molecule has 1 rings (SSSR count). The summed E-state index contributed by atoms with van der Waals surface area (Å²) in [6.07, 6.45) is 7.05. The second-order valence-electron chi connectivity index (χ2n) is 5.47. The van der Waals surface area contributed by atoms with Crippen molar-refractivity contribution in [2.24, 2.45) is 11.8 Å². The number of nitrogens with zero attached hydrogens (tertiary/aromatic N) is 1. The Morgan fingerprint density at radius 2 is 1.75 bits per heavy atom. The predicted molar refractivity (Wildman–Crippen MR) is 68.5 cm³/mol. The molecule has 1 aliphatic rings. The van der Waals surface area contributed by atoms with Gasteiger partial charge in [0.25, 0.3) is 0 Å². The van der Waals surface area contributed by atoms with Crippen LogP contribution in [0.3, 0.4) is 0 Å². The minimum atomic E-state index is 0.665. The fourth-order valence-electron chi connectivity index (χ4n) is 2.82. The Morgan fingerprint density at radius 1 is 1.19 bits per heavy atom. The van der Waals surface area contributed by atoms with E-state index in [2.05, 4.69) is 25.7 Å². The van der Waals surface area contributed by atoms with Gasteiger partial charge >= 0.3 is 0 Å². The fourth-order valence-corrected chi connectivity index (χ4v) is 2.82. The zero-order valence-electron chi connectivity index (χ0n) is 11.1. The maximum absolute atomic E-state index is 10.5. The van der Waals surface area contributed by atoms with Crippen LogP contribution in [-0.4, -0.2) is 30.3 Å². The van der Waals surface area contributed by atoms with Crippen LogP contribution in [0, 0.1) is 11.8 Å². The molecule has 0 aromatic heterocycles. The smallest absolute Gasteiger partial charge is 0.120 e. The van der Waals surface area contributed by atoms with E-state index in [1.54, 1.807) is 0 Å². The van der Waals surface area contributed by atoms with Crippen LogP contribution in [0.15, 0.2) is 0 Å². The summed E-state index contributed by atoms with van der Waals surface area (Å²) in [5, 5.41) is 0. The molecule has 0 heterocycles. The van der Waals surface area contributed by atoms with Crippen molar-refractivity contribution in [2.75, 3.05) is 13.1 Å². The van der Waals surface area contributed by atoms with E-state index in [-0.39, 0.29) is 0 Å². The van der Waals surface area contributed by atoms with Gasteiger partial charge in [-0.2, -0.15) is 0 Å². The van der Waals surface area contributed by atoms with Gasteiger partial charge in [-0.3, -0.25) is 0 Å². The number of aldehydes is 1. The zero-order valence-corrected chi connectivity index (χ0v) is 11.1. The first-order valence-electron chi connectivity index (χ1n) is 6.85. The van der Waals surface area contributed by atoms with Crippen LogP contribution >= 0.6 is 0 Å². The van der Waals surface area contributed by atoms with Gasteiger partial charge in [-0.25, -0.2) is 0 Å². The van der Waals surface area contributed by atoms with E-state index >= 15 is 0 Å². The maximum atomic E-state index is 10.5. The Morgan fingerprint density at radius 3 is 2.19 bits per heavy atom. The van der Waals surface area contributed by atoms with Crippen LogP contribution in [0.5, 0.6) is 0 Å². The lowest BCUT2D eigenvalue weighted by Gasteiger charge is -2.33. The Kier molecular flexibility index (Phi) is 6.04. The van der Waals surface area contributed by atoms with Crippen LogP contribution in [0.25, 0.3) is 0 Å². The molecule has 0 bridgehead atoms. The summed E-state index contributed by atoms with van der Waals surface area (Å²) in [7, 11) is 0. The summed E-state index contributed by atoms with van der Waals surface area (Å²) < 4.78 is 0. The van der Waals surface area contributed by atoms with Crippen LogP contribution < -0.4 is 0 Å². The standard InChI is InChI=1S/C14H27NO/c1-4-15(12(2)3)11-14-7-5-13(6-8-14)9-10-16/h10,12-14H,4-9,11H2,1-3H3. The largest absolute Gasteiger partial charge is 0.303 e. The number of hydrogen-bond donors (Lipinski definition) is 0. The van der Waals surface area contributed by atoms with E-state index in [0.29, 0.717) is 12.0 Å². The molecule has 2 nitrogen and oxygen atoms in total. The van der Waals surface area contributed by atoms with Gasteiger partial charge < -0.3 is 9.69 Å². The van der Waals surface area contributed by atoms with E-state index in [4.69, 9.17) is 0 Å². The third-order valence-electron chi connectivity index (χ3n) is 4.03. The molecule has 16 heavy (non-hydrogen) atoms. The normalized spacial score (nSPS) is 26.3. The minimum absolute atomic E-state index is 0.665. The molecule has 94 valence electrons. The summed E-state index contributed by atoms with van der Waals surface area (Å²) >= 11 is 0. The van der Waals surface area contributed by atoms with Gasteiger partial charge in [-0.05, 0) is 57.9 Å².